The van der Waals surface area contributed by atoms with E-state index in [1.54, 1.807) is 0 Å². The zero-order valence-corrected chi connectivity index (χ0v) is 13.2. The Morgan fingerprint density at radius 1 is 1.25 bits per heavy atom. The summed E-state index contributed by atoms with van der Waals surface area (Å²) in [6.07, 6.45) is -0.979. The highest BCUT2D eigenvalue weighted by atomic mass is 19.4. The molecule has 0 radical (unpaired) electrons. The molecule has 1 aromatic rings. The van der Waals surface area contributed by atoms with Gasteiger partial charge in [-0.3, -0.25) is 4.79 Å². The van der Waals surface area contributed by atoms with Crippen LogP contribution in [0.3, 0.4) is 0 Å². The van der Waals surface area contributed by atoms with Crippen LogP contribution in [-0.4, -0.2) is 31.3 Å². The Morgan fingerprint density at radius 3 is 2.67 bits per heavy atom. The third-order valence-corrected chi connectivity index (χ3v) is 4.74. The molecule has 0 bridgehead atoms. The zero-order chi connectivity index (χ0) is 17.2. The van der Waals surface area contributed by atoms with Crippen LogP contribution in [0.1, 0.15) is 24.8 Å². The van der Waals surface area contributed by atoms with Crippen molar-refractivity contribution in [3.8, 4) is 5.75 Å². The van der Waals surface area contributed by atoms with Crippen molar-refractivity contribution in [2.24, 2.45) is 11.8 Å². The number of rotatable bonds is 5. The molecule has 1 amide bonds. The van der Waals surface area contributed by atoms with Crippen LogP contribution in [-0.2, 0) is 11.3 Å². The van der Waals surface area contributed by atoms with Crippen LogP contribution in [0.25, 0.3) is 0 Å². The number of carbonyl (C=O) groups is 1. The van der Waals surface area contributed by atoms with Gasteiger partial charge in [-0.15, -0.1) is 0 Å². The quantitative estimate of drug-likeness (QED) is 0.865. The SMILES string of the molecule is O=C(NCc1ccccc1OC1CCC1)[C@@H]1CNC[C@H]1C(F)(F)F. The molecule has 132 valence electrons. The summed E-state index contributed by atoms with van der Waals surface area (Å²) in [5, 5.41) is 5.29. The van der Waals surface area contributed by atoms with Gasteiger partial charge in [0.05, 0.1) is 17.9 Å². The van der Waals surface area contributed by atoms with E-state index in [9.17, 15) is 18.0 Å². The predicted molar refractivity (Wildman–Crippen MR) is 82.5 cm³/mol. The lowest BCUT2D eigenvalue weighted by Crippen LogP contribution is -2.40. The van der Waals surface area contributed by atoms with Gasteiger partial charge in [-0.1, -0.05) is 18.2 Å². The smallest absolute Gasteiger partial charge is 0.393 e. The molecule has 2 aliphatic rings. The lowest BCUT2D eigenvalue weighted by atomic mass is 9.94. The van der Waals surface area contributed by atoms with E-state index in [4.69, 9.17) is 4.74 Å². The molecule has 2 N–H and O–H groups in total. The standard InChI is InChI=1S/C17H21F3N2O2/c18-17(19,20)14-10-21-9-13(14)16(23)22-8-11-4-1-2-7-15(11)24-12-5-3-6-12/h1-2,4,7,12-14,21H,3,5-6,8-10H2,(H,22,23)/t13-,14-/m1/s1. The molecule has 1 aliphatic carbocycles. The summed E-state index contributed by atoms with van der Waals surface area (Å²) >= 11 is 0. The molecule has 4 nitrogen and oxygen atoms in total. The fourth-order valence-electron chi connectivity index (χ4n) is 3.04. The van der Waals surface area contributed by atoms with E-state index < -0.39 is 23.9 Å². The number of amides is 1. The number of carbonyl (C=O) groups excluding carboxylic acids is 1. The summed E-state index contributed by atoms with van der Waals surface area (Å²) in [6, 6.07) is 7.32. The van der Waals surface area contributed by atoms with Crippen molar-refractivity contribution in [3.63, 3.8) is 0 Å². The summed E-state index contributed by atoms with van der Waals surface area (Å²) < 4.78 is 44.7. The Labute approximate surface area is 138 Å². The summed E-state index contributed by atoms with van der Waals surface area (Å²) in [5.74, 6) is -2.58. The van der Waals surface area contributed by atoms with Gasteiger partial charge in [0.2, 0.25) is 5.91 Å². The number of benzene rings is 1. The van der Waals surface area contributed by atoms with Crippen molar-refractivity contribution < 1.29 is 22.7 Å². The van der Waals surface area contributed by atoms with Gasteiger partial charge in [0.15, 0.2) is 0 Å². The molecule has 1 saturated heterocycles. The molecule has 7 heteroatoms. The first-order chi connectivity index (χ1) is 11.4. The fraction of sp³-hybridized carbons (Fsp3) is 0.588. The van der Waals surface area contributed by atoms with Gasteiger partial charge in [-0.2, -0.15) is 13.2 Å². The Kier molecular flexibility index (Phi) is 4.99. The van der Waals surface area contributed by atoms with Gasteiger partial charge in [0.25, 0.3) is 0 Å². The van der Waals surface area contributed by atoms with E-state index in [1.165, 1.54) is 0 Å². The van der Waals surface area contributed by atoms with Gasteiger partial charge in [0, 0.05) is 25.2 Å². The highest BCUT2D eigenvalue weighted by Crippen LogP contribution is 2.34. The van der Waals surface area contributed by atoms with Crippen molar-refractivity contribution >= 4 is 5.91 Å². The minimum atomic E-state index is -4.36. The van der Waals surface area contributed by atoms with Crippen LogP contribution >= 0.6 is 0 Å². The van der Waals surface area contributed by atoms with Crippen LogP contribution < -0.4 is 15.4 Å². The number of hydrogen-bond donors (Lipinski definition) is 2. The zero-order valence-electron chi connectivity index (χ0n) is 13.2. The summed E-state index contributed by atoms with van der Waals surface area (Å²) in [5.41, 5.74) is 0.785. The van der Waals surface area contributed by atoms with Gasteiger partial charge in [0.1, 0.15) is 5.75 Å². The maximum Gasteiger partial charge on any atom is 0.393 e. The molecule has 1 heterocycles. The third-order valence-electron chi connectivity index (χ3n) is 4.74. The largest absolute Gasteiger partial charge is 0.490 e. The van der Waals surface area contributed by atoms with Crippen LogP contribution in [0.15, 0.2) is 24.3 Å². The molecule has 1 aliphatic heterocycles. The van der Waals surface area contributed by atoms with E-state index in [-0.39, 0.29) is 25.7 Å². The average molecular weight is 342 g/mol. The Hall–Kier alpha value is -1.76. The maximum atomic E-state index is 12.9. The van der Waals surface area contributed by atoms with Crippen molar-refractivity contribution in [1.29, 1.82) is 0 Å². The predicted octanol–water partition coefficient (Wildman–Crippen LogP) is 2.63. The summed E-state index contributed by atoms with van der Waals surface area (Å²) in [7, 11) is 0. The van der Waals surface area contributed by atoms with Gasteiger partial charge < -0.3 is 15.4 Å². The number of hydrogen-bond acceptors (Lipinski definition) is 3. The van der Waals surface area contributed by atoms with Gasteiger partial charge in [-0.25, -0.2) is 0 Å². The first-order valence-corrected chi connectivity index (χ1v) is 8.25. The first-order valence-electron chi connectivity index (χ1n) is 8.25. The second-order valence-electron chi connectivity index (χ2n) is 6.41. The lowest BCUT2D eigenvalue weighted by Gasteiger charge is -2.27. The molecule has 1 aromatic carbocycles. The highest BCUT2D eigenvalue weighted by molar-refractivity contribution is 5.79. The van der Waals surface area contributed by atoms with E-state index in [2.05, 4.69) is 10.6 Å². The molecule has 0 unspecified atom stereocenters. The third kappa shape index (κ3) is 3.83. The second-order valence-corrected chi connectivity index (χ2v) is 6.41. The normalized spacial score (nSPS) is 24.5. The maximum absolute atomic E-state index is 12.9. The number of para-hydroxylation sites is 1. The second kappa shape index (κ2) is 7.01. The number of nitrogens with one attached hydrogen (secondary N) is 2. The molecule has 24 heavy (non-hydrogen) atoms. The fourth-order valence-corrected chi connectivity index (χ4v) is 3.04. The van der Waals surface area contributed by atoms with E-state index in [0.29, 0.717) is 5.75 Å². The monoisotopic (exact) mass is 342 g/mol. The lowest BCUT2D eigenvalue weighted by molar-refractivity contribution is -0.182. The van der Waals surface area contributed by atoms with E-state index in [1.807, 2.05) is 24.3 Å². The van der Waals surface area contributed by atoms with Crippen molar-refractivity contribution in [2.45, 2.75) is 38.1 Å². The molecule has 2 atom stereocenters. The van der Waals surface area contributed by atoms with Crippen LogP contribution in [0.4, 0.5) is 13.2 Å². The average Bonchev–Trinajstić information content (AvgIpc) is 2.99. The number of halogens is 3. The minimum absolute atomic E-state index is 0.0518. The Bertz CT molecular complexity index is 587. The van der Waals surface area contributed by atoms with Crippen molar-refractivity contribution in [3.05, 3.63) is 29.8 Å². The summed E-state index contributed by atoms with van der Waals surface area (Å²) in [6.45, 7) is 0.0159. The van der Waals surface area contributed by atoms with Crippen LogP contribution in [0.2, 0.25) is 0 Å². The first kappa shape index (κ1) is 17.1. The van der Waals surface area contributed by atoms with Crippen LogP contribution in [0.5, 0.6) is 5.75 Å². The Morgan fingerprint density at radius 2 is 2.00 bits per heavy atom. The summed E-state index contributed by atoms with van der Waals surface area (Å²) in [4.78, 5) is 12.2. The van der Waals surface area contributed by atoms with Gasteiger partial charge >= 0.3 is 6.18 Å². The van der Waals surface area contributed by atoms with Crippen molar-refractivity contribution in [2.75, 3.05) is 13.1 Å². The minimum Gasteiger partial charge on any atom is -0.490 e. The molecular weight excluding hydrogens is 321 g/mol. The van der Waals surface area contributed by atoms with Crippen molar-refractivity contribution in [1.82, 2.24) is 10.6 Å². The number of ether oxygens (including phenoxy) is 1. The molecule has 2 fully saturated rings. The molecular formula is C17H21F3N2O2. The topological polar surface area (TPSA) is 50.4 Å². The molecule has 1 saturated carbocycles. The molecule has 0 aromatic heterocycles. The molecule has 3 rings (SSSR count). The van der Waals surface area contributed by atoms with Gasteiger partial charge in [-0.05, 0) is 25.3 Å². The van der Waals surface area contributed by atoms with Crippen LogP contribution in [0, 0.1) is 11.8 Å². The highest BCUT2D eigenvalue weighted by Gasteiger charge is 2.49. The van der Waals surface area contributed by atoms with E-state index in [0.717, 1.165) is 24.8 Å². The molecule has 0 spiro atoms. The number of alkyl halides is 3. The Balaban J connectivity index is 1.60. The van der Waals surface area contributed by atoms with E-state index >= 15 is 0 Å².